The summed E-state index contributed by atoms with van der Waals surface area (Å²) in [6.07, 6.45) is 2.00. The molecule has 6 heteroatoms. The molecular weight excluding hydrogens is 306 g/mol. The Labute approximate surface area is 113 Å². The van der Waals surface area contributed by atoms with Gasteiger partial charge in [-0.2, -0.15) is 0 Å². The highest BCUT2D eigenvalue weighted by molar-refractivity contribution is 9.10. The number of unbranched alkanes of at least 4 members (excludes halogenated alkanes) is 1. The molecule has 18 heavy (non-hydrogen) atoms. The highest BCUT2D eigenvalue weighted by atomic mass is 79.9. The van der Waals surface area contributed by atoms with Crippen LogP contribution < -0.4 is 11.5 Å². The normalized spacial score (nSPS) is 12.4. The molecule has 0 fully saturated rings. The lowest BCUT2D eigenvalue weighted by molar-refractivity contribution is -0.118. The van der Waals surface area contributed by atoms with Gasteiger partial charge in [0.15, 0.2) is 0 Å². The first-order chi connectivity index (χ1) is 8.41. The minimum Gasteiger partial charge on any atom is -0.370 e. The second kappa shape index (κ2) is 6.80. The van der Waals surface area contributed by atoms with Gasteiger partial charge in [-0.3, -0.25) is 4.79 Å². The topological polar surface area (TPSA) is 69.1 Å². The quantitative estimate of drug-likeness (QED) is 0.625. The summed E-state index contributed by atoms with van der Waals surface area (Å²) in [4.78, 5) is 10.5. The molecule has 0 aliphatic carbocycles. The minimum atomic E-state index is -0.583. The Bertz CT molecular complexity index is 440. The molecule has 1 unspecified atom stereocenters. The molecule has 4 N–H and O–H groups in total. The van der Waals surface area contributed by atoms with Gasteiger partial charge in [-0.15, -0.1) is 0 Å². The number of hydrogen-bond donors (Lipinski definition) is 2. The molecule has 0 radical (unpaired) electrons. The van der Waals surface area contributed by atoms with Crippen molar-refractivity contribution in [2.45, 2.75) is 31.7 Å². The average Bonchev–Trinajstić information content (AvgIpc) is 2.28. The molecular formula is C12H15BrF2N2O. The van der Waals surface area contributed by atoms with Gasteiger partial charge >= 0.3 is 0 Å². The summed E-state index contributed by atoms with van der Waals surface area (Å²) in [5.41, 5.74) is 10.9. The Morgan fingerprint density at radius 1 is 1.28 bits per heavy atom. The molecule has 100 valence electrons. The van der Waals surface area contributed by atoms with E-state index in [2.05, 4.69) is 15.9 Å². The summed E-state index contributed by atoms with van der Waals surface area (Å²) in [6, 6.07) is 1.58. The summed E-state index contributed by atoms with van der Waals surface area (Å²) < 4.78 is 26.9. The van der Waals surface area contributed by atoms with E-state index in [1.165, 1.54) is 0 Å². The summed E-state index contributed by atoms with van der Waals surface area (Å²) in [5.74, 6) is -1.45. The first kappa shape index (κ1) is 15.0. The predicted octanol–water partition coefficient (Wildman–Crippen LogP) is 2.77. The number of rotatable bonds is 6. The number of carbonyl (C=O) groups excluding carboxylic acids is 1. The highest BCUT2D eigenvalue weighted by Gasteiger charge is 2.14. The van der Waals surface area contributed by atoms with Crippen LogP contribution in [0.2, 0.25) is 0 Å². The molecule has 0 aromatic heterocycles. The monoisotopic (exact) mass is 320 g/mol. The predicted molar refractivity (Wildman–Crippen MR) is 68.6 cm³/mol. The summed E-state index contributed by atoms with van der Waals surface area (Å²) in [5, 5.41) is 0. The van der Waals surface area contributed by atoms with E-state index in [-0.39, 0.29) is 22.4 Å². The molecule has 1 aromatic carbocycles. The van der Waals surface area contributed by atoms with Gasteiger partial charge in [-0.1, -0.05) is 6.42 Å². The van der Waals surface area contributed by atoms with Gasteiger partial charge in [0, 0.05) is 18.0 Å². The highest BCUT2D eigenvalue weighted by Crippen LogP contribution is 2.25. The number of hydrogen-bond acceptors (Lipinski definition) is 2. The van der Waals surface area contributed by atoms with Gasteiger partial charge in [0.1, 0.15) is 11.6 Å². The van der Waals surface area contributed by atoms with E-state index >= 15 is 0 Å². The van der Waals surface area contributed by atoms with Gasteiger partial charge in [-0.05, 0) is 40.9 Å². The van der Waals surface area contributed by atoms with Crippen LogP contribution in [0, 0.1) is 11.6 Å². The number of carbonyl (C=O) groups is 1. The van der Waals surface area contributed by atoms with Gasteiger partial charge in [-0.25, -0.2) is 8.78 Å². The van der Waals surface area contributed by atoms with Crippen molar-refractivity contribution >= 4 is 21.8 Å². The smallest absolute Gasteiger partial charge is 0.217 e. The molecule has 0 saturated heterocycles. The zero-order valence-corrected chi connectivity index (χ0v) is 11.3. The fourth-order valence-electron chi connectivity index (χ4n) is 1.64. The van der Waals surface area contributed by atoms with E-state index in [1.54, 1.807) is 0 Å². The third kappa shape index (κ3) is 4.34. The van der Waals surface area contributed by atoms with Crippen molar-refractivity contribution in [3.8, 4) is 0 Å². The largest absolute Gasteiger partial charge is 0.370 e. The number of nitrogens with two attached hydrogens (primary N) is 2. The number of amides is 1. The van der Waals surface area contributed by atoms with Gasteiger partial charge in [0.05, 0.1) is 4.47 Å². The maximum absolute atomic E-state index is 13.6. The van der Waals surface area contributed by atoms with Crippen LogP contribution in [0.4, 0.5) is 8.78 Å². The van der Waals surface area contributed by atoms with Gasteiger partial charge < -0.3 is 11.5 Å². The lowest BCUT2D eigenvalue weighted by Gasteiger charge is -2.13. The summed E-state index contributed by atoms with van der Waals surface area (Å²) in [7, 11) is 0. The van der Waals surface area contributed by atoms with E-state index in [0.717, 1.165) is 12.1 Å². The van der Waals surface area contributed by atoms with E-state index in [1.807, 2.05) is 0 Å². The van der Waals surface area contributed by atoms with Crippen molar-refractivity contribution in [1.29, 1.82) is 0 Å². The van der Waals surface area contributed by atoms with Crippen molar-refractivity contribution in [3.63, 3.8) is 0 Å². The zero-order valence-electron chi connectivity index (χ0n) is 9.76. The van der Waals surface area contributed by atoms with Crippen LogP contribution in [0.25, 0.3) is 0 Å². The minimum absolute atomic E-state index is 0.0738. The molecule has 0 heterocycles. The fourth-order valence-corrected chi connectivity index (χ4v) is 1.96. The van der Waals surface area contributed by atoms with Crippen LogP contribution in [-0.2, 0) is 4.79 Å². The molecule has 1 aromatic rings. The van der Waals surface area contributed by atoms with E-state index in [0.29, 0.717) is 19.3 Å². The molecule has 1 amide bonds. The number of halogens is 3. The summed E-state index contributed by atoms with van der Waals surface area (Å²) in [6.45, 7) is 0. The molecule has 0 aliphatic rings. The second-order valence-corrected chi connectivity index (χ2v) is 4.96. The molecule has 0 bridgehead atoms. The van der Waals surface area contributed by atoms with Crippen molar-refractivity contribution in [1.82, 2.24) is 0 Å². The molecule has 0 aliphatic heterocycles. The Hall–Kier alpha value is -1.01. The average molecular weight is 321 g/mol. The third-order valence-corrected chi connectivity index (χ3v) is 3.24. The van der Waals surface area contributed by atoms with E-state index < -0.39 is 17.7 Å². The standard InChI is InChI=1S/C12H15BrF2N2O/c13-8-6-9(14)7(5-10(8)15)11(16)3-1-2-4-12(17)18/h5-6,11H,1-4,16H2,(H2,17,18). The SMILES string of the molecule is NC(=O)CCCCC(N)c1cc(F)c(Br)cc1F. The second-order valence-electron chi connectivity index (χ2n) is 4.11. The van der Waals surface area contributed by atoms with E-state index in [4.69, 9.17) is 11.5 Å². The molecule has 1 rings (SSSR count). The van der Waals surface area contributed by atoms with Crippen molar-refractivity contribution in [2.24, 2.45) is 11.5 Å². The molecule has 3 nitrogen and oxygen atoms in total. The molecule has 0 spiro atoms. The number of benzene rings is 1. The van der Waals surface area contributed by atoms with Crippen LogP contribution in [-0.4, -0.2) is 5.91 Å². The van der Waals surface area contributed by atoms with Gasteiger partial charge in [0.25, 0.3) is 0 Å². The van der Waals surface area contributed by atoms with E-state index in [9.17, 15) is 13.6 Å². The fraction of sp³-hybridized carbons (Fsp3) is 0.417. The first-order valence-electron chi connectivity index (χ1n) is 5.60. The first-order valence-corrected chi connectivity index (χ1v) is 6.39. The van der Waals surface area contributed by atoms with Crippen LogP contribution in [0.3, 0.4) is 0 Å². The Morgan fingerprint density at radius 3 is 2.56 bits per heavy atom. The van der Waals surface area contributed by atoms with Crippen LogP contribution in [0.5, 0.6) is 0 Å². The summed E-state index contributed by atoms with van der Waals surface area (Å²) >= 11 is 2.90. The number of primary amides is 1. The third-order valence-electron chi connectivity index (χ3n) is 2.63. The van der Waals surface area contributed by atoms with Crippen LogP contribution >= 0.6 is 15.9 Å². The molecule has 1 atom stereocenters. The Balaban J connectivity index is 2.58. The maximum Gasteiger partial charge on any atom is 0.217 e. The zero-order chi connectivity index (χ0) is 13.7. The van der Waals surface area contributed by atoms with Crippen molar-refractivity contribution in [2.75, 3.05) is 0 Å². The Morgan fingerprint density at radius 2 is 1.94 bits per heavy atom. The molecule has 0 saturated carbocycles. The van der Waals surface area contributed by atoms with Gasteiger partial charge in [0.2, 0.25) is 5.91 Å². The van der Waals surface area contributed by atoms with Crippen LogP contribution in [0.15, 0.2) is 16.6 Å². The van der Waals surface area contributed by atoms with Crippen molar-refractivity contribution < 1.29 is 13.6 Å². The lowest BCUT2D eigenvalue weighted by Crippen LogP contribution is -2.14. The Kier molecular flexibility index (Phi) is 5.68. The van der Waals surface area contributed by atoms with Crippen LogP contribution in [0.1, 0.15) is 37.3 Å². The maximum atomic E-state index is 13.6. The van der Waals surface area contributed by atoms with Crippen molar-refractivity contribution in [3.05, 3.63) is 33.8 Å². The lowest BCUT2D eigenvalue weighted by atomic mass is 10.0.